The number of nitrogens with zero attached hydrogens (tertiary/aromatic N) is 3. The third-order valence-electron chi connectivity index (χ3n) is 4.33. The summed E-state index contributed by atoms with van der Waals surface area (Å²) in [6.45, 7) is 3.30. The first-order valence-corrected chi connectivity index (χ1v) is 10.5. The zero-order valence-corrected chi connectivity index (χ0v) is 20.1. The molecule has 1 atom stereocenters. The summed E-state index contributed by atoms with van der Waals surface area (Å²) in [5.74, 6) is -0.841. The first-order valence-electron chi connectivity index (χ1n) is 9.33. The highest BCUT2D eigenvalue weighted by Gasteiger charge is 2.33. The fraction of sp³-hybridized carbons (Fsp3) is 0.200. The molecule has 0 bridgehead atoms. The highest BCUT2D eigenvalue weighted by Crippen LogP contribution is 2.38. The van der Waals surface area contributed by atoms with Crippen molar-refractivity contribution in [1.82, 2.24) is 9.78 Å². The van der Waals surface area contributed by atoms with Crippen molar-refractivity contribution < 1.29 is 32.7 Å². The number of aryl methyl sites for hydroxylation is 1. The van der Waals surface area contributed by atoms with E-state index < -0.39 is 40.2 Å². The highest BCUT2D eigenvalue weighted by atomic mass is 35.5. The number of alkyl halides is 3. The van der Waals surface area contributed by atoms with Gasteiger partial charge in [0.05, 0.1) is 20.5 Å². The van der Waals surface area contributed by atoms with E-state index in [4.69, 9.17) is 50.4 Å². The molecule has 15 heteroatoms. The second-order valence-corrected chi connectivity index (χ2v) is 8.13. The van der Waals surface area contributed by atoms with Gasteiger partial charge in [-0.1, -0.05) is 34.8 Å². The van der Waals surface area contributed by atoms with Gasteiger partial charge in [0.2, 0.25) is 5.82 Å². The van der Waals surface area contributed by atoms with E-state index in [0.717, 1.165) is 16.4 Å². The van der Waals surface area contributed by atoms with Crippen molar-refractivity contribution >= 4 is 52.3 Å². The Hall–Kier alpha value is -3.22. The van der Waals surface area contributed by atoms with Crippen LogP contribution in [0.1, 0.15) is 18.1 Å². The third-order valence-corrected chi connectivity index (χ3v) is 5.14. The second-order valence-electron chi connectivity index (χ2n) is 6.88. The van der Waals surface area contributed by atoms with Gasteiger partial charge in [0, 0.05) is 5.02 Å². The lowest BCUT2D eigenvalue weighted by molar-refractivity contribution is -0.383. The van der Waals surface area contributed by atoms with Crippen LogP contribution in [0.2, 0.25) is 15.1 Å². The number of nitro groups is 1. The average molecular weight is 556 g/mol. The van der Waals surface area contributed by atoms with Crippen LogP contribution in [0.25, 0.3) is 5.69 Å². The predicted octanol–water partition coefficient (Wildman–Crippen LogP) is 6.19. The predicted molar refractivity (Wildman–Crippen MR) is 124 cm³/mol. The van der Waals surface area contributed by atoms with E-state index in [1.807, 2.05) is 6.92 Å². The van der Waals surface area contributed by atoms with E-state index in [1.54, 1.807) is 18.2 Å². The molecule has 1 heterocycles. The average Bonchev–Trinajstić information content (AvgIpc) is 3.10. The van der Waals surface area contributed by atoms with Crippen LogP contribution in [0.15, 0.2) is 36.5 Å². The molecule has 1 aromatic heterocycles. The number of nitrogen functional groups attached to an aromatic ring is 1. The molecule has 0 spiro atoms. The Morgan fingerprint density at radius 1 is 1.23 bits per heavy atom. The van der Waals surface area contributed by atoms with Crippen LogP contribution in [0.3, 0.4) is 0 Å². The van der Waals surface area contributed by atoms with E-state index in [0.29, 0.717) is 22.9 Å². The zero-order valence-electron chi connectivity index (χ0n) is 17.8. The molecule has 0 fully saturated rings. The Balaban J connectivity index is 0.000000269. The topological polar surface area (TPSA) is 134 Å². The van der Waals surface area contributed by atoms with Crippen molar-refractivity contribution in [3.05, 3.63) is 72.8 Å². The molecule has 188 valence electrons. The van der Waals surface area contributed by atoms with Gasteiger partial charge in [0.15, 0.2) is 6.10 Å². The molecule has 1 unspecified atom stereocenters. The minimum atomic E-state index is -4.63. The summed E-state index contributed by atoms with van der Waals surface area (Å²) < 4.78 is 43.9. The van der Waals surface area contributed by atoms with Gasteiger partial charge in [-0.15, -0.1) is 0 Å². The summed E-state index contributed by atoms with van der Waals surface area (Å²) in [4.78, 5) is 20.4. The van der Waals surface area contributed by atoms with Crippen LogP contribution in [0, 0.1) is 17.0 Å². The van der Waals surface area contributed by atoms with Crippen LogP contribution >= 0.6 is 34.8 Å². The molecule has 0 aliphatic heterocycles. The van der Waals surface area contributed by atoms with Crippen LogP contribution in [-0.4, -0.2) is 31.9 Å². The van der Waals surface area contributed by atoms with Crippen molar-refractivity contribution in [3.63, 3.8) is 0 Å². The Kier molecular flexibility index (Phi) is 8.82. The number of carbonyl (C=O) groups is 1. The highest BCUT2D eigenvalue weighted by molar-refractivity contribution is 6.38. The standard InChI is InChI=1S/C10H5Cl2F3N4O2.C10H11ClO3/c11-5-1-4(10(13,14)15)2-6(12)8(5)18-9(16)7(3-17-18)19(20)21;1-6-5-8(11)3-4-9(6)14-7(2)10(12)13/h1-3H,16H2;3-5,7H,1-2H3,(H,12,13). The Labute approximate surface area is 210 Å². The summed E-state index contributed by atoms with van der Waals surface area (Å²) in [7, 11) is 0. The molecule has 2 aromatic carbocycles. The van der Waals surface area contributed by atoms with E-state index >= 15 is 0 Å². The van der Waals surface area contributed by atoms with Gasteiger partial charge in [-0.25, -0.2) is 9.48 Å². The number of halogens is 6. The van der Waals surface area contributed by atoms with Crippen molar-refractivity contribution in [1.29, 1.82) is 0 Å². The number of aliphatic carboxylic acids is 1. The number of ether oxygens (including phenoxy) is 1. The number of carboxylic acid groups (broad SMARTS) is 1. The number of carboxylic acids is 1. The van der Waals surface area contributed by atoms with Gasteiger partial charge in [-0.2, -0.15) is 18.3 Å². The van der Waals surface area contributed by atoms with Crippen LogP contribution < -0.4 is 10.5 Å². The molecule has 3 rings (SSSR count). The Morgan fingerprint density at radius 2 is 1.80 bits per heavy atom. The third kappa shape index (κ3) is 6.90. The lowest BCUT2D eigenvalue weighted by atomic mass is 10.2. The minimum absolute atomic E-state index is 0.170. The van der Waals surface area contributed by atoms with Crippen molar-refractivity contribution in [2.45, 2.75) is 26.1 Å². The molecule has 35 heavy (non-hydrogen) atoms. The van der Waals surface area contributed by atoms with E-state index in [9.17, 15) is 28.1 Å². The molecule has 0 amide bonds. The molecular formula is C20H16Cl3F3N4O5. The molecule has 3 N–H and O–H groups in total. The quantitative estimate of drug-likeness (QED) is 0.283. The lowest BCUT2D eigenvalue weighted by Gasteiger charge is -2.12. The number of aromatic nitrogens is 2. The maximum atomic E-state index is 12.6. The lowest BCUT2D eigenvalue weighted by Crippen LogP contribution is -2.23. The number of nitrogens with two attached hydrogens (primary N) is 1. The van der Waals surface area contributed by atoms with E-state index in [-0.39, 0.29) is 15.7 Å². The largest absolute Gasteiger partial charge is 0.479 e. The van der Waals surface area contributed by atoms with Gasteiger partial charge in [-0.05, 0) is 49.7 Å². The molecular weight excluding hydrogens is 540 g/mol. The molecule has 0 radical (unpaired) electrons. The van der Waals surface area contributed by atoms with Crippen molar-refractivity contribution in [2.75, 3.05) is 5.73 Å². The van der Waals surface area contributed by atoms with E-state index in [1.165, 1.54) is 6.92 Å². The fourth-order valence-corrected chi connectivity index (χ4v) is 3.46. The molecule has 9 nitrogen and oxygen atoms in total. The number of hydrogen-bond acceptors (Lipinski definition) is 6. The van der Waals surface area contributed by atoms with Gasteiger partial charge in [0.1, 0.15) is 17.6 Å². The van der Waals surface area contributed by atoms with Crippen LogP contribution in [0.5, 0.6) is 5.75 Å². The Morgan fingerprint density at radius 3 is 2.23 bits per heavy atom. The number of benzene rings is 2. The van der Waals surface area contributed by atoms with Crippen molar-refractivity contribution in [2.24, 2.45) is 0 Å². The normalized spacial score (nSPS) is 11.9. The summed E-state index contributed by atoms with van der Waals surface area (Å²) in [6, 6.07) is 6.33. The number of rotatable bonds is 5. The smallest absolute Gasteiger partial charge is 0.416 e. The van der Waals surface area contributed by atoms with E-state index in [2.05, 4.69) is 5.10 Å². The maximum absolute atomic E-state index is 12.6. The van der Waals surface area contributed by atoms with Gasteiger partial charge < -0.3 is 15.6 Å². The van der Waals surface area contributed by atoms with Crippen LogP contribution in [-0.2, 0) is 11.0 Å². The molecule has 0 saturated carbocycles. The molecule has 0 saturated heterocycles. The summed E-state index contributed by atoms with van der Waals surface area (Å²) in [6.07, 6.45) is -4.64. The maximum Gasteiger partial charge on any atom is 0.416 e. The number of anilines is 1. The molecule has 3 aromatic rings. The summed E-state index contributed by atoms with van der Waals surface area (Å²) in [5.41, 5.74) is 4.61. The van der Waals surface area contributed by atoms with Crippen LogP contribution in [0.4, 0.5) is 24.7 Å². The minimum Gasteiger partial charge on any atom is -0.479 e. The first kappa shape index (κ1) is 28.0. The fourth-order valence-electron chi connectivity index (χ4n) is 2.59. The molecule has 0 aliphatic rings. The Bertz CT molecular complexity index is 1240. The van der Waals surface area contributed by atoms with Gasteiger partial charge >= 0.3 is 17.8 Å². The molecule has 0 aliphatic carbocycles. The SMILES string of the molecule is Cc1cc(Cl)ccc1OC(C)C(=O)O.Nc1c([N+](=O)[O-])cnn1-c1c(Cl)cc(C(F)(F)F)cc1Cl. The zero-order chi connectivity index (χ0) is 26.7. The first-order chi connectivity index (χ1) is 16.1. The van der Waals surface area contributed by atoms with Crippen molar-refractivity contribution in [3.8, 4) is 11.4 Å². The summed E-state index contributed by atoms with van der Waals surface area (Å²) in [5, 5.41) is 22.8. The second kappa shape index (κ2) is 11.0. The monoisotopic (exact) mass is 554 g/mol. The van der Waals surface area contributed by atoms with Gasteiger partial charge in [-0.3, -0.25) is 10.1 Å². The van der Waals surface area contributed by atoms with Gasteiger partial charge in [0.25, 0.3) is 0 Å². The summed E-state index contributed by atoms with van der Waals surface area (Å²) >= 11 is 17.3. The number of hydrogen-bond donors (Lipinski definition) is 2.